The molecule has 0 aliphatic heterocycles. The first-order valence-electron chi connectivity index (χ1n) is 19.1. The molecule has 0 unspecified atom stereocenters. The molecule has 0 saturated heterocycles. The van der Waals surface area contributed by atoms with Crippen molar-refractivity contribution in [3.05, 3.63) is 203 Å². The number of hydrogen-bond acceptors (Lipinski definition) is 1. The van der Waals surface area contributed by atoms with Crippen LogP contribution in [-0.2, 0) is 0 Å². The maximum absolute atomic E-state index is 13.1. The number of fused-ring (bicyclic) bond motifs is 9. The average molecular weight is 715 g/mol. The molecular weight excluding hydrogens is 681 g/mol. The van der Waals surface area contributed by atoms with E-state index < -0.39 is 0 Å². The Labute approximate surface area is 324 Å². The van der Waals surface area contributed by atoms with Crippen LogP contribution in [0.25, 0.3) is 77.2 Å². The van der Waals surface area contributed by atoms with Gasteiger partial charge in [-0.2, -0.15) is 0 Å². The quantitative estimate of drug-likeness (QED) is 0.167. The number of carbonyl (C=O) groups is 1. The highest BCUT2D eigenvalue weighted by atomic mass is 16.1. The van der Waals surface area contributed by atoms with Gasteiger partial charge in [0.1, 0.15) is 0 Å². The fraction of sp³-hybridized carbons (Fsp3) is 0.0377. The molecule has 0 radical (unpaired) electrons. The molecule has 0 bridgehead atoms. The summed E-state index contributed by atoms with van der Waals surface area (Å²) in [7, 11) is 0. The highest BCUT2D eigenvalue weighted by Crippen LogP contribution is 2.43. The molecule has 2 heterocycles. The van der Waals surface area contributed by atoms with Crippen molar-refractivity contribution in [1.29, 1.82) is 0 Å². The van der Waals surface area contributed by atoms with Crippen LogP contribution in [0.1, 0.15) is 38.2 Å². The highest BCUT2D eigenvalue weighted by Gasteiger charge is 2.28. The van der Waals surface area contributed by atoms with Crippen molar-refractivity contribution in [1.82, 2.24) is 9.13 Å². The monoisotopic (exact) mass is 714 g/mol. The Kier molecular flexibility index (Phi) is 7.05. The zero-order valence-electron chi connectivity index (χ0n) is 31.0. The van der Waals surface area contributed by atoms with E-state index in [-0.39, 0.29) is 5.78 Å². The van der Waals surface area contributed by atoms with Crippen molar-refractivity contribution in [2.24, 2.45) is 0 Å². The standard InChI is InChI=1S/C53H34N2O/c1-33-29-38(30-34(2)39(33)28-25-35-23-26-36(27-24-35)40-19-12-20-45-52(40)43-17-6-7-18-44(43)53(45)56)55-49-22-11-9-16-42(49)47-31-50-46(32-51(47)55)41-15-8-10-21-48(41)54(50)37-13-4-3-5-14-37/h3-24,26-27,29-32H,1-2H3. The lowest BCUT2D eigenvalue weighted by Crippen LogP contribution is -1.98. The fourth-order valence-corrected chi connectivity index (χ4v) is 9.02. The molecule has 0 amide bonds. The molecule has 1 aliphatic carbocycles. The largest absolute Gasteiger partial charge is 0.309 e. The van der Waals surface area contributed by atoms with Crippen molar-refractivity contribution in [3.63, 3.8) is 0 Å². The summed E-state index contributed by atoms with van der Waals surface area (Å²) in [5.41, 5.74) is 17.0. The molecule has 0 atom stereocenters. The van der Waals surface area contributed by atoms with E-state index in [9.17, 15) is 4.79 Å². The third-order valence-electron chi connectivity index (χ3n) is 11.5. The van der Waals surface area contributed by atoms with Gasteiger partial charge in [0.15, 0.2) is 5.78 Å². The molecule has 56 heavy (non-hydrogen) atoms. The Hall–Kier alpha value is -7.41. The van der Waals surface area contributed by atoms with E-state index in [0.717, 1.165) is 67.0 Å². The van der Waals surface area contributed by atoms with Gasteiger partial charge in [0.2, 0.25) is 0 Å². The molecule has 0 fully saturated rings. The lowest BCUT2D eigenvalue weighted by atomic mass is 9.94. The van der Waals surface area contributed by atoms with Crippen molar-refractivity contribution >= 4 is 49.4 Å². The SMILES string of the molecule is Cc1cc(-n2c3ccccc3c3cc4c(cc32)c2ccccc2n4-c2ccccc2)cc(C)c1C#Cc1ccc(-c2cccc3c2-c2ccccc2C3=O)cc1. The van der Waals surface area contributed by atoms with Crippen molar-refractivity contribution in [3.8, 4) is 45.5 Å². The second kappa shape index (κ2) is 12.3. The normalized spacial score (nSPS) is 12.0. The van der Waals surface area contributed by atoms with Crippen LogP contribution in [0.2, 0.25) is 0 Å². The van der Waals surface area contributed by atoms with Crippen LogP contribution in [0.3, 0.4) is 0 Å². The van der Waals surface area contributed by atoms with Crippen LogP contribution in [0.5, 0.6) is 0 Å². The summed E-state index contributed by atoms with van der Waals surface area (Å²) in [6.07, 6.45) is 0. The maximum atomic E-state index is 13.1. The summed E-state index contributed by atoms with van der Waals surface area (Å²) in [4.78, 5) is 13.1. The lowest BCUT2D eigenvalue weighted by molar-refractivity contribution is 0.104. The second-order valence-corrected chi connectivity index (χ2v) is 14.8. The molecule has 1 aliphatic rings. The first-order chi connectivity index (χ1) is 27.5. The van der Waals surface area contributed by atoms with Gasteiger partial charge in [-0.15, -0.1) is 0 Å². The molecule has 0 spiro atoms. The van der Waals surface area contributed by atoms with E-state index >= 15 is 0 Å². The lowest BCUT2D eigenvalue weighted by Gasteiger charge is -2.13. The van der Waals surface area contributed by atoms with Gasteiger partial charge in [-0.1, -0.05) is 121 Å². The summed E-state index contributed by atoms with van der Waals surface area (Å²) >= 11 is 0. The summed E-state index contributed by atoms with van der Waals surface area (Å²) < 4.78 is 4.81. The van der Waals surface area contributed by atoms with Crippen LogP contribution < -0.4 is 0 Å². The Morgan fingerprint density at radius 3 is 1.61 bits per heavy atom. The first-order valence-corrected chi connectivity index (χ1v) is 19.1. The summed E-state index contributed by atoms with van der Waals surface area (Å²) in [5, 5.41) is 4.93. The number of nitrogens with zero attached hydrogens (tertiary/aromatic N) is 2. The van der Waals surface area contributed by atoms with Gasteiger partial charge < -0.3 is 9.13 Å². The Bertz CT molecular complexity index is 3310. The zero-order chi connectivity index (χ0) is 37.5. The molecule has 10 aromatic rings. The van der Waals surface area contributed by atoms with Crippen LogP contribution in [0.15, 0.2) is 170 Å². The maximum Gasteiger partial charge on any atom is 0.194 e. The predicted molar refractivity (Wildman–Crippen MR) is 231 cm³/mol. The minimum atomic E-state index is 0.0966. The van der Waals surface area contributed by atoms with E-state index in [0.29, 0.717) is 0 Å². The van der Waals surface area contributed by atoms with Gasteiger partial charge >= 0.3 is 0 Å². The Morgan fingerprint density at radius 2 is 0.946 bits per heavy atom. The topological polar surface area (TPSA) is 26.9 Å². The van der Waals surface area contributed by atoms with Crippen LogP contribution in [0, 0.1) is 25.7 Å². The van der Waals surface area contributed by atoms with Crippen LogP contribution in [0.4, 0.5) is 0 Å². The molecule has 0 saturated carbocycles. The van der Waals surface area contributed by atoms with Crippen molar-refractivity contribution < 1.29 is 4.79 Å². The molecule has 2 aromatic heterocycles. The van der Waals surface area contributed by atoms with E-state index in [1.54, 1.807) is 0 Å². The summed E-state index contributed by atoms with van der Waals surface area (Å²) in [6.45, 7) is 4.33. The molecular formula is C53H34N2O. The van der Waals surface area contributed by atoms with Crippen LogP contribution in [-0.4, -0.2) is 14.9 Å². The molecule has 8 aromatic carbocycles. The third kappa shape index (κ3) is 4.76. The van der Waals surface area contributed by atoms with E-state index in [1.165, 1.54) is 43.6 Å². The number of carbonyl (C=O) groups excluding carboxylic acids is 1. The van der Waals surface area contributed by atoms with Crippen molar-refractivity contribution in [2.75, 3.05) is 0 Å². The highest BCUT2D eigenvalue weighted by molar-refractivity contribution is 6.24. The minimum absolute atomic E-state index is 0.0966. The number of aryl methyl sites for hydroxylation is 2. The van der Waals surface area contributed by atoms with Gasteiger partial charge in [-0.05, 0) is 102 Å². The van der Waals surface area contributed by atoms with Gasteiger partial charge in [0.25, 0.3) is 0 Å². The second-order valence-electron chi connectivity index (χ2n) is 14.8. The van der Waals surface area contributed by atoms with Gasteiger partial charge in [0, 0.05) is 60.7 Å². The Morgan fingerprint density at radius 1 is 0.411 bits per heavy atom. The minimum Gasteiger partial charge on any atom is -0.309 e. The zero-order valence-corrected chi connectivity index (χ0v) is 31.0. The van der Waals surface area contributed by atoms with Crippen molar-refractivity contribution in [2.45, 2.75) is 13.8 Å². The smallest absolute Gasteiger partial charge is 0.194 e. The van der Waals surface area contributed by atoms with Gasteiger partial charge in [-0.3, -0.25) is 4.79 Å². The summed E-state index contributed by atoms with van der Waals surface area (Å²) in [6, 6.07) is 59.7. The van der Waals surface area contributed by atoms with E-state index in [4.69, 9.17) is 0 Å². The molecule has 3 heteroatoms. The average Bonchev–Trinajstić information content (AvgIpc) is 3.85. The number of benzene rings is 8. The third-order valence-corrected chi connectivity index (χ3v) is 11.5. The van der Waals surface area contributed by atoms with E-state index in [2.05, 4.69) is 168 Å². The van der Waals surface area contributed by atoms with Gasteiger partial charge in [-0.25, -0.2) is 0 Å². The van der Waals surface area contributed by atoms with E-state index in [1.807, 2.05) is 36.4 Å². The molecule has 11 rings (SSSR count). The molecule has 0 N–H and O–H groups in total. The summed E-state index contributed by atoms with van der Waals surface area (Å²) in [5.74, 6) is 7.07. The van der Waals surface area contributed by atoms with Crippen LogP contribution >= 0.6 is 0 Å². The predicted octanol–water partition coefficient (Wildman–Crippen LogP) is 12.8. The number of ketones is 1. The first kappa shape index (κ1) is 32.1. The molecule has 262 valence electrons. The number of aromatic nitrogens is 2. The Balaban J connectivity index is 0.993. The molecule has 3 nitrogen and oxygen atoms in total. The number of hydrogen-bond donors (Lipinski definition) is 0. The number of para-hydroxylation sites is 3. The van der Waals surface area contributed by atoms with Gasteiger partial charge in [0.05, 0.1) is 22.1 Å². The number of rotatable bonds is 3. The fourth-order valence-electron chi connectivity index (χ4n) is 9.02.